The van der Waals surface area contributed by atoms with E-state index in [1.54, 1.807) is 0 Å². The van der Waals surface area contributed by atoms with Crippen molar-refractivity contribution >= 4 is 21.5 Å². The van der Waals surface area contributed by atoms with Crippen LogP contribution >= 0.6 is 15.9 Å². The number of hydrogen-bond donors (Lipinski definition) is 0. The summed E-state index contributed by atoms with van der Waals surface area (Å²) in [5.74, 6) is 0. The van der Waals surface area contributed by atoms with Gasteiger partial charge in [-0.15, -0.1) is 0 Å². The predicted molar refractivity (Wildman–Crippen MR) is 67.7 cm³/mol. The minimum absolute atomic E-state index is 1.12. The minimum Gasteiger partial charge on any atom is -0.0905 e. The third-order valence-electron chi connectivity index (χ3n) is 2.85. The standard InChI is InChI=1S/C14H9Br/c1-9-11-4-2-3-5-13(11)14-8-10(15)6-7-12(9)14/h2-8H,1H2. The van der Waals surface area contributed by atoms with E-state index in [1.165, 1.54) is 22.3 Å². The van der Waals surface area contributed by atoms with E-state index in [0.717, 1.165) is 10.0 Å². The monoisotopic (exact) mass is 256 g/mol. The maximum absolute atomic E-state index is 4.15. The smallest absolute Gasteiger partial charge is 0.0181 e. The summed E-state index contributed by atoms with van der Waals surface area (Å²) in [6.07, 6.45) is 0. The van der Waals surface area contributed by atoms with Crippen LogP contribution in [0.4, 0.5) is 0 Å². The Morgan fingerprint density at radius 3 is 2.27 bits per heavy atom. The van der Waals surface area contributed by atoms with E-state index in [9.17, 15) is 0 Å². The van der Waals surface area contributed by atoms with Crippen LogP contribution in [0.5, 0.6) is 0 Å². The Kier molecular flexibility index (Phi) is 1.83. The molecule has 0 spiro atoms. The van der Waals surface area contributed by atoms with Crippen molar-refractivity contribution in [1.29, 1.82) is 0 Å². The lowest BCUT2D eigenvalue weighted by Crippen LogP contribution is -1.77. The molecule has 3 rings (SSSR count). The van der Waals surface area contributed by atoms with Gasteiger partial charge in [-0.2, -0.15) is 0 Å². The van der Waals surface area contributed by atoms with Gasteiger partial charge in [0, 0.05) is 4.47 Å². The van der Waals surface area contributed by atoms with E-state index in [1.807, 2.05) is 0 Å². The van der Waals surface area contributed by atoms with Gasteiger partial charge in [0.05, 0.1) is 0 Å². The lowest BCUT2D eigenvalue weighted by atomic mass is 10.1. The van der Waals surface area contributed by atoms with E-state index in [-0.39, 0.29) is 0 Å². The molecule has 0 aliphatic heterocycles. The molecule has 1 heteroatoms. The summed E-state index contributed by atoms with van der Waals surface area (Å²) < 4.78 is 1.12. The van der Waals surface area contributed by atoms with Crippen molar-refractivity contribution in [1.82, 2.24) is 0 Å². The van der Waals surface area contributed by atoms with Crippen LogP contribution < -0.4 is 0 Å². The Bertz CT molecular complexity index is 567. The van der Waals surface area contributed by atoms with Gasteiger partial charge in [0.2, 0.25) is 0 Å². The summed E-state index contributed by atoms with van der Waals surface area (Å²) in [5.41, 5.74) is 6.21. The molecule has 0 unspecified atom stereocenters. The summed E-state index contributed by atoms with van der Waals surface area (Å²) in [4.78, 5) is 0. The van der Waals surface area contributed by atoms with Crippen molar-refractivity contribution in [2.24, 2.45) is 0 Å². The predicted octanol–water partition coefficient (Wildman–Crippen LogP) is 4.49. The first kappa shape index (κ1) is 8.93. The summed E-state index contributed by atoms with van der Waals surface area (Å²) in [6.45, 7) is 4.15. The second-order valence-corrected chi connectivity index (χ2v) is 4.63. The zero-order valence-electron chi connectivity index (χ0n) is 8.13. The van der Waals surface area contributed by atoms with Crippen LogP contribution in [0.2, 0.25) is 0 Å². The summed E-state index contributed by atoms with van der Waals surface area (Å²) in [5, 5.41) is 0. The lowest BCUT2D eigenvalue weighted by molar-refractivity contribution is 1.61. The highest BCUT2D eigenvalue weighted by Crippen LogP contribution is 2.43. The molecule has 72 valence electrons. The second kappa shape index (κ2) is 3.07. The van der Waals surface area contributed by atoms with Crippen LogP contribution in [0.3, 0.4) is 0 Å². The number of fused-ring (bicyclic) bond motifs is 3. The third kappa shape index (κ3) is 1.20. The molecule has 0 N–H and O–H groups in total. The highest BCUT2D eigenvalue weighted by molar-refractivity contribution is 9.10. The molecule has 1 aliphatic rings. The summed E-state index contributed by atoms with van der Waals surface area (Å²) >= 11 is 3.51. The van der Waals surface area contributed by atoms with Gasteiger partial charge < -0.3 is 0 Å². The molecule has 1 aliphatic carbocycles. The Balaban J connectivity index is 2.39. The maximum atomic E-state index is 4.15. The summed E-state index contributed by atoms with van der Waals surface area (Å²) in [7, 11) is 0. The van der Waals surface area contributed by atoms with Crippen molar-refractivity contribution in [2.75, 3.05) is 0 Å². The molecule has 0 bridgehead atoms. The SMILES string of the molecule is C=C1c2ccccc2-c2cc(Br)ccc21. The highest BCUT2D eigenvalue weighted by atomic mass is 79.9. The van der Waals surface area contributed by atoms with Gasteiger partial charge in [-0.3, -0.25) is 0 Å². The van der Waals surface area contributed by atoms with E-state index in [0.29, 0.717) is 0 Å². The quantitative estimate of drug-likeness (QED) is 0.556. The van der Waals surface area contributed by atoms with E-state index >= 15 is 0 Å². The molecule has 0 saturated heterocycles. The first-order chi connectivity index (χ1) is 7.27. The molecule has 0 amide bonds. The molecule has 2 aromatic rings. The zero-order valence-corrected chi connectivity index (χ0v) is 9.71. The summed E-state index contributed by atoms with van der Waals surface area (Å²) in [6, 6.07) is 14.8. The van der Waals surface area contributed by atoms with Gasteiger partial charge in [0.15, 0.2) is 0 Å². The molecule has 15 heavy (non-hydrogen) atoms. The van der Waals surface area contributed by atoms with Gasteiger partial charge in [0.1, 0.15) is 0 Å². The van der Waals surface area contributed by atoms with Crippen molar-refractivity contribution in [2.45, 2.75) is 0 Å². The fourth-order valence-corrected chi connectivity index (χ4v) is 2.49. The van der Waals surface area contributed by atoms with Crippen LogP contribution in [0, 0.1) is 0 Å². The molecule has 0 saturated carbocycles. The normalized spacial score (nSPS) is 12.5. The lowest BCUT2D eigenvalue weighted by Gasteiger charge is -2.00. The fraction of sp³-hybridized carbons (Fsp3) is 0. The molecule has 0 fully saturated rings. The van der Waals surface area contributed by atoms with Crippen LogP contribution in [0.15, 0.2) is 53.5 Å². The Labute approximate surface area is 97.4 Å². The number of hydrogen-bond acceptors (Lipinski definition) is 0. The van der Waals surface area contributed by atoms with Crippen molar-refractivity contribution in [3.63, 3.8) is 0 Å². The Hall–Kier alpha value is -1.34. The number of benzene rings is 2. The first-order valence-corrected chi connectivity index (χ1v) is 5.65. The highest BCUT2D eigenvalue weighted by Gasteiger charge is 2.20. The van der Waals surface area contributed by atoms with Crippen LogP contribution in [-0.2, 0) is 0 Å². The van der Waals surface area contributed by atoms with Gasteiger partial charge in [-0.1, -0.05) is 52.8 Å². The van der Waals surface area contributed by atoms with Crippen LogP contribution in [0.25, 0.3) is 16.7 Å². The van der Waals surface area contributed by atoms with Crippen LogP contribution in [0.1, 0.15) is 11.1 Å². The molecule has 0 radical (unpaired) electrons. The maximum Gasteiger partial charge on any atom is 0.0181 e. The molecule has 0 aromatic heterocycles. The topological polar surface area (TPSA) is 0 Å². The van der Waals surface area contributed by atoms with E-state index in [4.69, 9.17) is 0 Å². The first-order valence-electron chi connectivity index (χ1n) is 4.86. The molecular weight excluding hydrogens is 248 g/mol. The Morgan fingerprint density at radius 2 is 1.47 bits per heavy atom. The largest absolute Gasteiger partial charge is 0.0905 e. The van der Waals surface area contributed by atoms with Gasteiger partial charge in [-0.25, -0.2) is 0 Å². The minimum atomic E-state index is 1.12. The average Bonchev–Trinajstić information content (AvgIpc) is 2.54. The molecule has 2 aromatic carbocycles. The van der Waals surface area contributed by atoms with Crippen molar-refractivity contribution in [3.05, 3.63) is 64.6 Å². The molecule has 0 heterocycles. The molecule has 0 nitrogen and oxygen atoms in total. The average molecular weight is 257 g/mol. The van der Waals surface area contributed by atoms with Crippen molar-refractivity contribution < 1.29 is 0 Å². The second-order valence-electron chi connectivity index (χ2n) is 3.71. The van der Waals surface area contributed by atoms with E-state index in [2.05, 4.69) is 65.0 Å². The number of rotatable bonds is 0. The van der Waals surface area contributed by atoms with Gasteiger partial charge in [-0.05, 0) is 40.0 Å². The van der Waals surface area contributed by atoms with Gasteiger partial charge in [0.25, 0.3) is 0 Å². The molecular formula is C14H9Br. The zero-order chi connectivity index (χ0) is 10.4. The van der Waals surface area contributed by atoms with Crippen LogP contribution in [-0.4, -0.2) is 0 Å². The number of halogens is 1. The fourth-order valence-electron chi connectivity index (χ4n) is 2.13. The third-order valence-corrected chi connectivity index (χ3v) is 3.34. The van der Waals surface area contributed by atoms with Gasteiger partial charge >= 0.3 is 0 Å². The van der Waals surface area contributed by atoms with E-state index < -0.39 is 0 Å². The Morgan fingerprint density at radius 1 is 0.800 bits per heavy atom. The van der Waals surface area contributed by atoms with Crippen molar-refractivity contribution in [3.8, 4) is 11.1 Å². The molecule has 0 atom stereocenters.